The van der Waals surface area contributed by atoms with Crippen LogP contribution in [-0.2, 0) is 11.2 Å². The molecule has 1 aromatic heterocycles. The van der Waals surface area contributed by atoms with Crippen LogP contribution in [-0.4, -0.2) is 17.8 Å². The fourth-order valence-corrected chi connectivity index (χ4v) is 2.46. The number of carbonyl (C=O) groups excluding carboxylic acids is 1. The van der Waals surface area contributed by atoms with Crippen molar-refractivity contribution in [3.63, 3.8) is 0 Å². The Kier molecular flexibility index (Phi) is 5.85. The molecular formula is C12H18ClNOS. The van der Waals surface area contributed by atoms with Gasteiger partial charge in [0.2, 0.25) is 5.91 Å². The van der Waals surface area contributed by atoms with Crippen LogP contribution in [0.4, 0.5) is 0 Å². The molecule has 0 aromatic carbocycles. The van der Waals surface area contributed by atoms with Crippen LogP contribution >= 0.6 is 22.9 Å². The smallest absolute Gasteiger partial charge is 0.225 e. The number of rotatable bonds is 6. The zero-order valence-corrected chi connectivity index (χ0v) is 11.3. The molecule has 1 N–H and O–H groups in total. The van der Waals surface area contributed by atoms with Gasteiger partial charge in [0.25, 0.3) is 0 Å². The number of alkyl halides is 1. The molecule has 0 aliphatic rings. The van der Waals surface area contributed by atoms with E-state index in [4.69, 9.17) is 11.6 Å². The lowest BCUT2D eigenvalue weighted by molar-refractivity contribution is -0.121. The molecular weight excluding hydrogens is 242 g/mol. The van der Waals surface area contributed by atoms with Crippen LogP contribution in [0.5, 0.6) is 0 Å². The van der Waals surface area contributed by atoms with E-state index < -0.39 is 0 Å². The van der Waals surface area contributed by atoms with Crippen molar-refractivity contribution >= 4 is 28.8 Å². The highest BCUT2D eigenvalue weighted by Crippen LogP contribution is 2.11. The van der Waals surface area contributed by atoms with Crippen LogP contribution in [0.3, 0.4) is 0 Å². The molecule has 0 spiro atoms. The third kappa shape index (κ3) is 4.54. The van der Waals surface area contributed by atoms with Crippen molar-refractivity contribution in [1.82, 2.24) is 5.32 Å². The second kappa shape index (κ2) is 6.92. The van der Waals surface area contributed by atoms with E-state index in [0.717, 1.165) is 11.3 Å². The van der Waals surface area contributed by atoms with Crippen molar-refractivity contribution in [3.05, 3.63) is 22.4 Å². The Balaban J connectivity index is 2.42. The lowest BCUT2D eigenvalue weighted by atomic mass is 10.0. The van der Waals surface area contributed by atoms with Crippen molar-refractivity contribution in [2.75, 3.05) is 5.88 Å². The van der Waals surface area contributed by atoms with Crippen LogP contribution in [0.15, 0.2) is 17.5 Å². The summed E-state index contributed by atoms with van der Waals surface area (Å²) < 4.78 is 0. The first kappa shape index (κ1) is 13.5. The van der Waals surface area contributed by atoms with Crippen LogP contribution in [0.2, 0.25) is 0 Å². The minimum atomic E-state index is 0.0891. The van der Waals surface area contributed by atoms with Gasteiger partial charge >= 0.3 is 0 Å². The number of hydrogen-bond donors (Lipinski definition) is 1. The molecule has 0 radical (unpaired) electrons. The molecule has 1 rings (SSSR count). The number of nitrogens with one attached hydrogen (secondary N) is 1. The van der Waals surface area contributed by atoms with E-state index in [0.29, 0.717) is 18.2 Å². The van der Waals surface area contributed by atoms with Crippen LogP contribution in [0, 0.1) is 5.92 Å². The Morgan fingerprint density at radius 2 is 2.31 bits per heavy atom. The van der Waals surface area contributed by atoms with Gasteiger partial charge in [-0.3, -0.25) is 4.79 Å². The number of halogens is 1. The fourth-order valence-electron chi connectivity index (χ4n) is 1.52. The molecule has 4 heteroatoms. The Morgan fingerprint density at radius 3 is 2.81 bits per heavy atom. The summed E-state index contributed by atoms with van der Waals surface area (Å²) in [5.74, 6) is 1.10. The third-order valence-corrected chi connectivity index (χ3v) is 3.58. The van der Waals surface area contributed by atoms with Gasteiger partial charge in [0, 0.05) is 16.8 Å². The largest absolute Gasteiger partial charge is 0.353 e. The maximum Gasteiger partial charge on any atom is 0.225 e. The van der Waals surface area contributed by atoms with Gasteiger partial charge in [0.1, 0.15) is 0 Å². The van der Waals surface area contributed by atoms with Crippen molar-refractivity contribution in [1.29, 1.82) is 0 Å². The van der Waals surface area contributed by atoms with Gasteiger partial charge in [-0.15, -0.1) is 22.9 Å². The Bertz CT molecular complexity index is 311. The molecule has 0 aliphatic heterocycles. The molecule has 0 aliphatic carbocycles. The predicted octanol–water partition coefficient (Wildman–Crippen LogP) is 3.06. The SMILES string of the molecule is CC(C)C(CCCl)NC(=O)Cc1cccs1. The van der Waals surface area contributed by atoms with Crippen molar-refractivity contribution in [2.45, 2.75) is 32.7 Å². The predicted molar refractivity (Wildman–Crippen MR) is 70.1 cm³/mol. The third-order valence-electron chi connectivity index (χ3n) is 2.49. The summed E-state index contributed by atoms with van der Waals surface area (Å²) in [4.78, 5) is 12.9. The van der Waals surface area contributed by atoms with E-state index in [9.17, 15) is 4.79 Å². The zero-order chi connectivity index (χ0) is 12.0. The minimum Gasteiger partial charge on any atom is -0.353 e. The van der Waals surface area contributed by atoms with Gasteiger partial charge in [0.15, 0.2) is 0 Å². The molecule has 1 aromatic rings. The number of amides is 1. The molecule has 90 valence electrons. The van der Waals surface area contributed by atoms with E-state index in [-0.39, 0.29) is 11.9 Å². The number of thiophene rings is 1. The normalized spacial score (nSPS) is 12.8. The van der Waals surface area contributed by atoms with Crippen LogP contribution in [0.25, 0.3) is 0 Å². The van der Waals surface area contributed by atoms with Crippen molar-refractivity contribution in [3.8, 4) is 0 Å². The summed E-state index contributed by atoms with van der Waals surface area (Å²) >= 11 is 7.33. The summed E-state index contributed by atoms with van der Waals surface area (Å²) in [5.41, 5.74) is 0. The quantitative estimate of drug-likeness (QED) is 0.782. The Labute approximate surface area is 106 Å². The van der Waals surface area contributed by atoms with Gasteiger partial charge < -0.3 is 5.32 Å². The van der Waals surface area contributed by atoms with E-state index in [2.05, 4.69) is 19.2 Å². The second-order valence-electron chi connectivity index (χ2n) is 4.15. The molecule has 0 fully saturated rings. The molecule has 0 saturated heterocycles. The Hall–Kier alpha value is -0.540. The molecule has 0 saturated carbocycles. The van der Waals surface area contributed by atoms with Gasteiger partial charge in [0.05, 0.1) is 6.42 Å². The Morgan fingerprint density at radius 1 is 1.56 bits per heavy atom. The number of hydrogen-bond acceptors (Lipinski definition) is 2. The maximum absolute atomic E-state index is 11.8. The van der Waals surface area contributed by atoms with Crippen molar-refractivity contribution < 1.29 is 4.79 Å². The van der Waals surface area contributed by atoms with Gasteiger partial charge in [-0.1, -0.05) is 19.9 Å². The second-order valence-corrected chi connectivity index (χ2v) is 5.56. The topological polar surface area (TPSA) is 29.1 Å². The van der Waals surface area contributed by atoms with E-state index in [1.807, 2.05) is 17.5 Å². The van der Waals surface area contributed by atoms with Gasteiger partial charge in [-0.2, -0.15) is 0 Å². The fraction of sp³-hybridized carbons (Fsp3) is 0.583. The maximum atomic E-state index is 11.8. The van der Waals surface area contributed by atoms with E-state index >= 15 is 0 Å². The summed E-state index contributed by atoms with van der Waals surface area (Å²) in [6.07, 6.45) is 1.30. The highest BCUT2D eigenvalue weighted by Gasteiger charge is 2.15. The average molecular weight is 260 g/mol. The van der Waals surface area contributed by atoms with Gasteiger partial charge in [-0.05, 0) is 23.8 Å². The summed E-state index contributed by atoms with van der Waals surface area (Å²) in [6.45, 7) is 4.20. The highest BCUT2D eigenvalue weighted by molar-refractivity contribution is 7.10. The molecule has 1 unspecified atom stereocenters. The van der Waals surface area contributed by atoms with Crippen LogP contribution in [0.1, 0.15) is 25.1 Å². The zero-order valence-electron chi connectivity index (χ0n) is 9.70. The van der Waals surface area contributed by atoms with Crippen molar-refractivity contribution in [2.24, 2.45) is 5.92 Å². The highest BCUT2D eigenvalue weighted by atomic mass is 35.5. The molecule has 1 atom stereocenters. The molecule has 2 nitrogen and oxygen atoms in total. The lowest BCUT2D eigenvalue weighted by Crippen LogP contribution is -2.39. The molecule has 0 bridgehead atoms. The lowest BCUT2D eigenvalue weighted by Gasteiger charge is -2.21. The first-order valence-corrected chi connectivity index (χ1v) is 6.92. The van der Waals surface area contributed by atoms with E-state index in [1.54, 1.807) is 11.3 Å². The first-order chi connectivity index (χ1) is 7.63. The van der Waals surface area contributed by atoms with Crippen LogP contribution < -0.4 is 5.32 Å². The first-order valence-electron chi connectivity index (χ1n) is 5.51. The van der Waals surface area contributed by atoms with Gasteiger partial charge in [-0.25, -0.2) is 0 Å². The molecule has 1 amide bonds. The minimum absolute atomic E-state index is 0.0891. The number of carbonyl (C=O) groups is 1. The average Bonchev–Trinajstić information content (AvgIpc) is 2.69. The van der Waals surface area contributed by atoms with E-state index in [1.165, 1.54) is 0 Å². The molecule has 1 heterocycles. The summed E-state index contributed by atoms with van der Waals surface area (Å²) in [7, 11) is 0. The summed E-state index contributed by atoms with van der Waals surface area (Å²) in [5, 5.41) is 5.03. The summed E-state index contributed by atoms with van der Waals surface area (Å²) in [6, 6.07) is 4.13. The molecule has 16 heavy (non-hydrogen) atoms. The monoisotopic (exact) mass is 259 g/mol. The standard InChI is InChI=1S/C12H18ClNOS/c1-9(2)11(5-6-13)14-12(15)8-10-4-3-7-16-10/h3-4,7,9,11H,5-6,8H2,1-2H3,(H,14,15).